The minimum Gasteiger partial charge on any atom is -0.480 e. The minimum absolute atomic E-state index is 0.310. The molecule has 2 N–H and O–H groups in total. The van der Waals surface area contributed by atoms with E-state index in [0.717, 1.165) is 17.7 Å². The van der Waals surface area contributed by atoms with Gasteiger partial charge in [-0.15, -0.1) is 11.3 Å². The molecule has 5 heteroatoms. The summed E-state index contributed by atoms with van der Waals surface area (Å²) in [6.45, 7) is 5.52. The number of rotatable bonds is 5. The Morgan fingerprint density at radius 2 is 2.18 bits per heavy atom. The van der Waals surface area contributed by atoms with Crippen LogP contribution in [0.4, 0.5) is 0 Å². The van der Waals surface area contributed by atoms with Crippen LogP contribution in [-0.2, 0) is 11.2 Å². The van der Waals surface area contributed by atoms with Crippen molar-refractivity contribution in [3.63, 3.8) is 0 Å². The fourth-order valence-corrected chi connectivity index (χ4v) is 2.45. The van der Waals surface area contributed by atoms with Crippen molar-refractivity contribution in [2.75, 3.05) is 0 Å². The van der Waals surface area contributed by atoms with Crippen molar-refractivity contribution in [3.8, 4) is 0 Å². The Bertz CT molecular complexity index is 425. The molecule has 0 unspecified atom stereocenters. The number of thiophene rings is 1. The van der Waals surface area contributed by atoms with Crippen molar-refractivity contribution in [1.82, 2.24) is 5.32 Å². The first-order valence-corrected chi connectivity index (χ1v) is 6.40. The van der Waals surface area contributed by atoms with Gasteiger partial charge in [0.05, 0.1) is 4.88 Å². The number of hydrogen-bond donors (Lipinski definition) is 2. The molecule has 0 spiro atoms. The normalized spacial score (nSPS) is 12.2. The highest BCUT2D eigenvalue weighted by Gasteiger charge is 2.17. The monoisotopic (exact) mass is 255 g/mol. The predicted octanol–water partition coefficient (Wildman–Crippen LogP) is 2.21. The van der Waals surface area contributed by atoms with Crippen LogP contribution in [0.1, 0.15) is 40.4 Å². The number of amides is 1. The molecule has 1 amide bonds. The maximum Gasteiger partial charge on any atom is 0.325 e. The Morgan fingerprint density at radius 1 is 1.53 bits per heavy atom. The molecule has 0 radical (unpaired) electrons. The third kappa shape index (κ3) is 3.56. The summed E-state index contributed by atoms with van der Waals surface area (Å²) in [5.41, 5.74) is 1.17. The highest BCUT2D eigenvalue weighted by atomic mass is 32.1. The number of nitrogens with one attached hydrogen (secondary N) is 1. The summed E-state index contributed by atoms with van der Waals surface area (Å²) in [5, 5.41) is 11.2. The molecule has 1 heterocycles. The summed E-state index contributed by atoms with van der Waals surface area (Å²) in [7, 11) is 0. The van der Waals surface area contributed by atoms with Gasteiger partial charge in [0, 0.05) is 4.88 Å². The number of carboxylic acid groups (broad SMARTS) is 1. The summed E-state index contributed by atoms with van der Waals surface area (Å²) in [6, 6.07) is 0.993. The van der Waals surface area contributed by atoms with Crippen LogP contribution in [0, 0.1) is 6.92 Å². The minimum atomic E-state index is -1.03. The fraction of sp³-hybridized carbons (Fsp3) is 0.500. The van der Waals surface area contributed by atoms with Crippen LogP contribution in [-0.4, -0.2) is 23.0 Å². The summed E-state index contributed by atoms with van der Waals surface area (Å²) < 4.78 is 0. The fourth-order valence-electron chi connectivity index (χ4n) is 1.48. The number of hydrogen-bond acceptors (Lipinski definition) is 3. The molecule has 0 aliphatic heterocycles. The van der Waals surface area contributed by atoms with Crippen molar-refractivity contribution in [2.24, 2.45) is 0 Å². The van der Waals surface area contributed by atoms with Crippen LogP contribution < -0.4 is 5.32 Å². The van der Waals surface area contributed by atoms with Crippen LogP contribution in [0.5, 0.6) is 0 Å². The topological polar surface area (TPSA) is 66.4 Å². The van der Waals surface area contributed by atoms with E-state index in [0.29, 0.717) is 4.88 Å². The van der Waals surface area contributed by atoms with Gasteiger partial charge in [-0.25, -0.2) is 0 Å². The molecule has 1 atom stereocenters. The van der Waals surface area contributed by atoms with E-state index in [9.17, 15) is 9.59 Å². The summed E-state index contributed by atoms with van der Waals surface area (Å²) in [4.78, 5) is 24.1. The number of aryl methyl sites for hydroxylation is 2. The average Bonchev–Trinajstić information content (AvgIpc) is 2.61. The number of carbonyl (C=O) groups is 2. The second-order valence-corrected chi connectivity index (χ2v) is 5.23. The van der Waals surface area contributed by atoms with Crippen LogP contribution in [0.15, 0.2) is 6.07 Å². The number of carboxylic acids is 1. The molecule has 1 aromatic rings. The van der Waals surface area contributed by atoms with E-state index in [2.05, 4.69) is 12.2 Å². The van der Waals surface area contributed by atoms with Crippen molar-refractivity contribution >= 4 is 23.2 Å². The van der Waals surface area contributed by atoms with E-state index in [1.54, 1.807) is 0 Å². The molecule has 17 heavy (non-hydrogen) atoms. The van der Waals surface area contributed by atoms with Crippen molar-refractivity contribution in [2.45, 2.75) is 39.7 Å². The molecule has 0 bridgehead atoms. The number of aliphatic carboxylic acids is 1. The molecule has 0 aliphatic rings. The molecule has 0 aromatic carbocycles. The molecular weight excluding hydrogens is 238 g/mol. The lowest BCUT2D eigenvalue weighted by Crippen LogP contribution is -2.37. The molecule has 1 aromatic heterocycles. The van der Waals surface area contributed by atoms with Gasteiger partial charge in [0.1, 0.15) is 6.04 Å². The first-order valence-electron chi connectivity index (χ1n) is 5.58. The zero-order valence-electron chi connectivity index (χ0n) is 10.2. The van der Waals surface area contributed by atoms with Gasteiger partial charge in [0.25, 0.3) is 5.91 Å². The second-order valence-electron chi connectivity index (χ2n) is 3.98. The van der Waals surface area contributed by atoms with Gasteiger partial charge in [-0.3, -0.25) is 9.59 Å². The van der Waals surface area contributed by atoms with Crippen molar-refractivity contribution in [3.05, 3.63) is 21.4 Å². The molecule has 0 aliphatic carbocycles. The van der Waals surface area contributed by atoms with Crippen LogP contribution in [0.25, 0.3) is 0 Å². The standard InChI is InChI=1S/C12H17NO3S/c1-4-5-9-6-10(17-8(9)3)11(14)13-7(2)12(15)16/h6-7H,4-5H2,1-3H3,(H,13,14)(H,15,16)/t7-/m1/s1. The zero-order chi connectivity index (χ0) is 13.0. The molecule has 0 saturated heterocycles. The lowest BCUT2D eigenvalue weighted by Gasteiger charge is -2.07. The van der Waals surface area contributed by atoms with E-state index in [4.69, 9.17) is 5.11 Å². The van der Waals surface area contributed by atoms with Crippen molar-refractivity contribution < 1.29 is 14.7 Å². The van der Waals surface area contributed by atoms with Gasteiger partial charge in [-0.1, -0.05) is 13.3 Å². The van der Waals surface area contributed by atoms with E-state index in [1.165, 1.54) is 23.8 Å². The Morgan fingerprint density at radius 3 is 2.71 bits per heavy atom. The second kappa shape index (κ2) is 5.82. The smallest absolute Gasteiger partial charge is 0.325 e. The molecule has 1 rings (SSSR count). The molecule has 94 valence electrons. The van der Waals surface area contributed by atoms with Crippen LogP contribution in [0.3, 0.4) is 0 Å². The third-order valence-corrected chi connectivity index (χ3v) is 3.57. The van der Waals surface area contributed by atoms with E-state index in [1.807, 2.05) is 13.0 Å². The summed E-state index contributed by atoms with van der Waals surface area (Å²) in [6.07, 6.45) is 1.98. The average molecular weight is 255 g/mol. The SMILES string of the molecule is CCCc1cc(C(=O)N[C@H](C)C(=O)O)sc1C. The van der Waals surface area contributed by atoms with Gasteiger partial charge in [-0.05, 0) is 31.9 Å². The predicted molar refractivity (Wildman–Crippen MR) is 67.6 cm³/mol. The first-order chi connectivity index (χ1) is 7.95. The van der Waals surface area contributed by atoms with Crippen LogP contribution in [0.2, 0.25) is 0 Å². The maximum absolute atomic E-state index is 11.8. The number of carbonyl (C=O) groups excluding carboxylic acids is 1. The highest BCUT2D eigenvalue weighted by Crippen LogP contribution is 2.22. The molecular formula is C12H17NO3S. The summed E-state index contributed by atoms with van der Waals surface area (Å²) in [5.74, 6) is -1.34. The van der Waals surface area contributed by atoms with Gasteiger partial charge in [0.2, 0.25) is 0 Å². The van der Waals surface area contributed by atoms with Gasteiger partial charge >= 0.3 is 5.97 Å². The Balaban J connectivity index is 2.76. The Hall–Kier alpha value is -1.36. The van der Waals surface area contributed by atoms with E-state index >= 15 is 0 Å². The molecule has 4 nitrogen and oxygen atoms in total. The van der Waals surface area contributed by atoms with Crippen molar-refractivity contribution in [1.29, 1.82) is 0 Å². The van der Waals surface area contributed by atoms with Gasteiger partial charge in [0.15, 0.2) is 0 Å². The summed E-state index contributed by atoms with van der Waals surface area (Å²) >= 11 is 1.41. The largest absolute Gasteiger partial charge is 0.480 e. The Kier molecular flexibility index (Phi) is 4.69. The van der Waals surface area contributed by atoms with Crippen LogP contribution >= 0.6 is 11.3 Å². The Labute approximate surface area is 105 Å². The molecule has 0 saturated carbocycles. The van der Waals surface area contributed by atoms with E-state index < -0.39 is 12.0 Å². The maximum atomic E-state index is 11.8. The highest BCUT2D eigenvalue weighted by molar-refractivity contribution is 7.14. The quantitative estimate of drug-likeness (QED) is 0.847. The third-order valence-electron chi connectivity index (χ3n) is 2.48. The zero-order valence-corrected chi connectivity index (χ0v) is 11.1. The molecule has 0 fully saturated rings. The van der Waals surface area contributed by atoms with E-state index in [-0.39, 0.29) is 5.91 Å². The lowest BCUT2D eigenvalue weighted by molar-refractivity contribution is -0.138. The first kappa shape index (κ1) is 13.7. The van der Waals surface area contributed by atoms with Gasteiger partial charge in [-0.2, -0.15) is 0 Å². The lowest BCUT2D eigenvalue weighted by atomic mass is 10.1. The van der Waals surface area contributed by atoms with Gasteiger partial charge < -0.3 is 10.4 Å².